The van der Waals surface area contributed by atoms with Gasteiger partial charge in [-0.25, -0.2) is 0 Å². The smallest absolute Gasteiger partial charge is 0.0267 e. The molecule has 2 radical (unpaired) electrons. The number of nitrogens with zero attached hydrogens (tertiary/aromatic N) is 4. The summed E-state index contributed by atoms with van der Waals surface area (Å²) in [7, 11) is 0. The Balaban J connectivity index is 0.000000303. The molecule has 0 N–H and O–H groups in total. The molecular weight excluding hydrogens is 505 g/mol. The first-order valence-electron chi connectivity index (χ1n) is 7.40. The van der Waals surface area contributed by atoms with Crippen molar-refractivity contribution < 1.29 is 0 Å². The predicted molar refractivity (Wildman–Crippen MR) is 103 cm³/mol. The van der Waals surface area contributed by atoms with Crippen molar-refractivity contribution in [3.05, 3.63) is 122 Å². The second-order valence-corrected chi connectivity index (χ2v) is 4.10. The van der Waals surface area contributed by atoms with Gasteiger partial charge < -0.3 is 0 Å². The van der Waals surface area contributed by atoms with Gasteiger partial charge >= 0.3 is 0 Å². The Kier molecular flexibility index (Phi) is 17.6. The first-order valence-corrected chi connectivity index (χ1v) is 7.40. The summed E-state index contributed by atoms with van der Waals surface area (Å²) in [5, 5.41) is 0. The molecule has 4 aromatic heterocycles. The van der Waals surface area contributed by atoms with E-state index in [1.165, 1.54) is 0 Å². The molecule has 0 aromatic carbocycles. The summed E-state index contributed by atoms with van der Waals surface area (Å²) in [5.41, 5.74) is 0. The van der Waals surface area contributed by atoms with Gasteiger partial charge in [-0.2, -0.15) is 0 Å². The van der Waals surface area contributed by atoms with Crippen LogP contribution in [0.15, 0.2) is 122 Å². The molecule has 5 heteroatoms. The summed E-state index contributed by atoms with van der Waals surface area (Å²) in [6, 6.07) is 22.9. The van der Waals surface area contributed by atoms with Gasteiger partial charge in [-0.15, -0.1) is 0 Å². The molecule has 0 amide bonds. The Morgan fingerprint density at radius 1 is 0.240 bits per heavy atom. The third-order valence-corrected chi connectivity index (χ3v) is 2.27. The molecule has 0 aliphatic heterocycles. The van der Waals surface area contributed by atoms with E-state index >= 15 is 0 Å². The monoisotopic (exact) mass is 525 g/mol. The molecule has 25 heavy (non-hydrogen) atoms. The second kappa shape index (κ2) is 19.5. The zero-order valence-corrected chi connectivity index (χ0v) is 16.9. The van der Waals surface area contributed by atoms with E-state index < -0.39 is 0 Å². The summed E-state index contributed by atoms with van der Waals surface area (Å²) in [4.78, 5) is 15.1. The second-order valence-electron chi connectivity index (χ2n) is 4.10. The van der Waals surface area contributed by atoms with Crippen molar-refractivity contribution in [3.8, 4) is 0 Å². The van der Waals surface area contributed by atoms with E-state index in [2.05, 4.69) is 19.9 Å². The molecule has 0 atom stereocenters. The fourth-order valence-corrected chi connectivity index (χ4v) is 1.25. The van der Waals surface area contributed by atoms with Crippen LogP contribution in [-0.4, -0.2) is 46.5 Å². The van der Waals surface area contributed by atoms with Crippen molar-refractivity contribution in [2.24, 2.45) is 0 Å². The van der Waals surface area contributed by atoms with Gasteiger partial charge in [0.25, 0.3) is 0 Å². The molecule has 126 valence electrons. The minimum Gasteiger partial charge on any atom is -0.265 e. The fraction of sp³-hybridized carbons (Fsp3) is 0. The number of hydrogen-bond donors (Lipinski definition) is 0. The van der Waals surface area contributed by atoms with E-state index in [0.717, 1.165) is 0 Å². The van der Waals surface area contributed by atoms with Crippen LogP contribution in [-0.2, 0) is 0 Å². The molecule has 4 heterocycles. The van der Waals surface area contributed by atoms with Crippen molar-refractivity contribution in [3.63, 3.8) is 0 Å². The third kappa shape index (κ3) is 17.7. The Morgan fingerprint density at radius 2 is 0.400 bits per heavy atom. The number of rotatable bonds is 0. The molecule has 4 rings (SSSR count). The molecule has 0 unspecified atom stereocenters. The third-order valence-electron chi connectivity index (χ3n) is 2.27. The van der Waals surface area contributed by atoms with Crippen molar-refractivity contribution in [1.82, 2.24) is 19.9 Å². The van der Waals surface area contributed by atoms with Crippen LogP contribution in [0.3, 0.4) is 0 Å². The Labute approximate surface area is 168 Å². The normalized spacial score (nSPS) is 7.68. The standard InChI is InChI=1S/4C5H5N.Po/c4*1-2-4-6-5-3-1;/h4*1-5H;. The van der Waals surface area contributed by atoms with Gasteiger partial charge in [0.2, 0.25) is 0 Å². The van der Waals surface area contributed by atoms with Crippen molar-refractivity contribution in [2.45, 2.75) is 0 Å². The molecule has 4 aromatic rings. The Hall–Kier alpha value is -2.50. The largest absolute Gasteiger partial charge is 0.265 e. The number of aromatic nitrogens is 4. The molecular formula is C20H20N4Po. The van der Waals surface area contributed by atoms with E-state index in [-0.39, 0.29) is 26.6 Å². The zero-order chi connectivity index (χ0) is 17.0. The molecule has 0 aliphatic carbocycles. The number of pyridine rings is 4. The van der Waals surface area contributed by atoms with E-state index in [1.807, 2.05) is 72.8 Å². The van der Waals surface area contributed by atoms with E-state index in [0.29, 0.717) is 0 Å². The summed E-state index contributed by atoms with van der Waals surface area (Å²) >= 11 is 0. The van der Waals surface area contributed by atoms with Crippen LogP contribution in [0.2, 0.25) is 0 Å². The first kappa shape index (κ1) is 22.5. The van der Waals surface area contributed by atoms with E-state index in [9.17, 15) is 0 Å². The summed E-state index contributed by atoms with van der Waals surface area (Å²) < 4.78 is 0. The maximum atomic E-state index is 3.78. The molecule has 0 fully saturated rings. The summed E-state index contributed by atoms with van der Waals surface area (Å²) in [6.07, 6.45) is 14.0. The van der Waals surface area contributed by atoms with Crippen LogP contribution < -0.4 is 0 Å². The van der Waals surface area contributed by atoms with Crippen LogP contribution in [0.5, 0.6) is 0 Å². The first-order chi connectivity index (χ1) is 12.0. The van der Waals surface area contributed by atoms with Crippen molar-refractivity contribution in [2.75, 3.05) is 0 Å². The predicted octanol–water partition coefficient (Wildman–Crippen LogP) is 3.95. The zero-order valence-electron chi connectivity index (χ0n) is 13.7. The van der Waals surface area contributed by atoms with Gasteiger partial charge in [-0.1, -0.05) is 24.3 Å². The molecule has 0 saturated carbocycles. The van der Waals surface area contributed by atoms with Gasteiger partial charge in [0.15, 0.2) is 0 Å². The van der Waals surface area contributed by atoms with E-state index in [4.69, 9.17) is 0 Å². The molecule has 0 spiro atoms. The van der Waals surface area contributed by atoms with Gasteiger partial charge in [0.05, 0.1) is 0 Å². The van der Waals surface area contributed by atoms with Gasteiger partial charge in [0, 0.05) is 76.1 Å². The maximum absolute atomic E-state index is 3.78. The maximum Gasteiger partial charge on any atom is 0.0267 e. The molecule has 0 aliphatic rings. The Morgan fingerprint density at radius 3 is 0.440 bits per heavy atom. The average molecular weight is 525 g/mol. The summed E-state index contributed by atoms with van der Waals surface area (Å²) in [6.45, 7) is 0. The fourth-order valence-electron chi connectivity index (χ4n) is 1.25. The summed E-state index contributed by atoms with van der Waals surface area (Å²) in [5.74, 6) is 0. The average Bonchev–Trinajstić information content (AvgIpc) is 2.75. The van der Waals surface area contributed by atoms with Gasteiger partial charge in [-0.05, 0) is 48.5 Å². The van der Waals surface area contributed by atoms with Crippen LogP contribution in [0.1, 0.15) is 0 Å². The van der Waals surface area contributed by atoms with Crippen molar-refractivity contribution in [1.29, 1.82) is 0 Å². The van der Waals surface area contributed by atoms with Crippen molar-refractivity contribution >= 4 is 26.6 Å². The van der Waals surface area contributed by atoms with E-state index in [1.54, 1.807) is 49.6 Å². The minimum absolute atomic E-state index is 0. The quantitative estimate of drug-likeness (QED) is 0.349. The topological polar surface area (TPSA) is 51.6 Å². The van der Waals surface area contributed by atoms with Crippen LogP contribution in [0.4, 0.5) is 0 Å². The van der Waals surface area contributed by atoms with Gasteiger partial charge in [-0.3, -0.25) is 19.9 Å². The van der Waals surface area contributed by atoms with Crippen LogP contribution in [0, 0.1) is 0 Å². The van der Waals surface area contributed by atoms with Gasteiger partial charge in [0.1, 0.15) is 0 Å². The molecule has 4 nitrogen and oxygen atoms in total. The minimum atomic E-state index is 0. The van der Waals surface area contributed by atoms with Crippen LogP contribution in [0.25, 0.3) is 0 Å². The Bertz CT molecular complexity index is 436. The number of hydrogen-bond acceptors (Lipinski definition) is 4. The molecule has 0 bridgehead atoms. The molecule has 0 saturated heterocycles. The SMILES string of the molecule is [Po].c1ccncc1.c1ccncc1.c1ccncc1.c1ccncc1. The van der Waals surface area contributed by atoms with Crippen LogP contribution >= 0.6 is 0 Å².